The minimum absolute atomic E-state index is 0.147. The molecule has 0 aliphatic carbocycles. The summed E-state index contributed by atoms with van der Waals surface area (Å²) in [5.41, 5.74) is 0.763. The van der Waals surface area contributed by atoms with Crippen LogP contribution in [0.5, 0.6) is 0 Å². The molecule has 1 N–H and O–H groups in total. The molecule has 0 aliphatic rings. The van der Waals surface area contributed by atoms with Gasteiger partial charge in [0.1, 0.15) is 0 Å². The van der Waals surface area contributed by atoms with Crippen LogP contribution >= 0.6 is 18.6 Å². The SMILES string of the molecule is O=[N+]([O-])c1ccccc1N[I-]I. The molecule has 1 aromatic carbocycles. The Labute approximate surface area is 89.7 Å². The zero-order valence-corrected chi connectivity index (χ0v) is 10.1. The summed E-state index contributed by atoms with van der Waals surface area (Å²) in [6, 6.07) is 6.66. The molecule has 0 saturated heterocycles. The molecule has 0 unspecified atom stereocenters. The second-order valence-corrected chi connectivity index (χ2v) is 5.62. The average Bonchev–Trinajstić information content (AvgIpc) is 2.05. The molecule has 6 heteroatoms. The number of para-hydroxylation sites is 2. The molecular formula is C6H5I2N2O2-. The van der Waals surface area contributed by atoms with E-state index in [0.717, 1.165) is 0 Å². The molecule has 0 amide bonds. The Kier molecular flexibility index (Phi) is 3.98. The van der Waals surface area contributed by atoms with E-state index in [0.29, 0.717) is 5.69 Å². The van der Waals surface area contributed by atoms with Crippen LogP contribution in [-0.4, -0.2) is 4.92 Å². The van der Waals surface area contributed by atoms with Gasteiger partial charge in [-0.05, 0) is 0 Å². The van der Waals surface area contributed by atoms with Gasteiger partial charge in [0.15, 0.2) is 0 Å². The molecular weight excluding hydrogens is 386 g/mol. The van der Waals surface area contributed by atoms with E-state index in [1.54, 1.807) is 18.2 Å². The van der Waals surface area contributed by atoms with Gasteiger partial charge in [0, 0.05) is 0 Å². The van der Waals surface area contributed by atoms with Crippen molar-refractivity contribution in [1.29, 1.82) is 0 Å². The van der Waals surface area contributed by atoms with Crippen LogP contribution < -0.4 is 21.0 Å². The molecule has 0 spiro atoms. The summed E-state index contributed by atoms with van der Waals surface area (Å²) in [5, 5.41) is 10.5. The number of anilines is 1. The van der Waals surface area contributed by atoms with E-state index < -0.39 is 0 Å². The van der Waals surface area contributed by atoms with Gasteiger partial charge in [-0.25, -0.2) is 0 Å². The van der Waals surface area contributed by atoms with Crippen LogP contribution in [0.25, 0.3) is 0 Å². The van der Waals surface area contributed by atoms with Crippen molar-refractivity contribution < 1.29 is 22.4 Å². The first-order valence-electron chi connectivity index (χ1n) is 3.00. The van der Waals surface area contributed by atoms with E-state index in [4.69, 9.17) is 0 Å². The first-order chi connectivity index (χ1) is 5.75. The van der Waals surface area contributed by atoms with Crippen LogP contribution in [0, 0.1) is 10.1 Å². The van der Waals surface area contributed by atoms with Crippen molar-refractivity contribution in [3.05, 3.63) is 34.4 Å². The number of hydrogen-bond acceptors (Lipinski definition) is 3. The number of rotatable bonds is 3. The first kappa shape index (κ1) is 9.96. The second kappa shape index (κ2) is 4.80. The number of halogens is 2. The molecule has 0 atom stereocenters. The van der Waals surface area contributed by atoms with Crippen molar-refractivity contribution >= 4 is 30.0 Å². The third kappa shape index (κ3) is 2.44. The minimum atomic E-state index is -0.377. The molecule has 1 aromatic rings. The Hall–Kier alpha value is -0.120. The molecule has 0 aromatic heterocycles. The van der Waals surface area contributed by atoms with Crippen molar-refractivity contribution in [3.8, 4) is 0 Å². The van der Waals surface area contributed by atoms with Gasteiger partial charge in [-0.1, -0.05) is 0 Å². The normalized spacial score (nSPS) is 9.75. The van der Waals surface area contributed by atoms with E-state index in [-0.39, 0.29) is 28.1 Å². The molecule has 0 bridgehead atoms. The van der Waals surface area contributed by atoms with Crippen LogP contribution in [-0.2, 0) is 0 Å². The van der Waals surface area contributed by atoms with E-state index in [9.17, 15) is 10.1 Å². The molecule has 0 saturated carbocycles. The van der Waals surface area contributed by atoms with Gasteiger partial charge in [-0.2, -0.15) is 0 Å². The van der Waals surface area contributed by atoms with Gasteiger partial charge in [0.25, 0.3) is 0 Å². The zero-order valence-electron chi connectivity index (χ0n) is 5.83. The molecule has 66 valence electrons. The Morgan fingerprint density at radius 2 is 2.17 bits per heavy atom. The van der Waals surface area contributed by atoms with Gasteiger partial charge in [0.2, 0.25) is 0 Å². The predicted molar refractivity (Wildman–Crippen MR) is 50.7 cm³/mol. The standard InChI is InChI=1S/C6H5I2N2O2/c7-8-9-5-3-1-2-4-6(5)10(11)12/h1-4,9H/q-1. The monoisotopic (exact) mass is 391 g/mol. The fourth-order valence-corrected chi connectivity index (χ4v) is 2.90. The van der Waals surface area contributed by atoms with Crippen molar-refractivity contribution in [2.75, 3.05) is 3.53 Å². The Balaban J connectivity index is 3.00. The summed E-state index contributed by atoms with van der Waals surface area (Å²) in [6.07, 6.45) is 0. The topological polar surface area (TPSA) is 55.2 Å². The fraction of sp³-hybridized carbons (Fsp3) is 0. The second-order valence-electron chi connectivity index (χ2n) is 1.94. The molecule has 0 aliphatic heterocycles. The van der Waals surface area contributed by atoms with Crippen LogP contribution in [0.4, 0.5) is 11.4 Å². The van der Waals surface area contributed by atoms with Crippen molar-refractivity contribution in [2.45, 2.75) is 0 Å². The van der Waals surface area contributed by atoms with Gasteiger partial charge in [-0.3, -0.25) is 0 Å². The number of nitrogens with one attached hydrogen (secondary N) is 1. The maximum atomic E-state index is 10.5. The third-order valence-corrected chi connectivity index (χ3v) is 3.39. The number of benzene rings is 1. The van der Waals surface area contributed by atoms with Crippen LogP contribution in [0.15, 0.2) is 24.3 Å². The Bertz CT molecular complexity index is 293. The average molecular weight is 391 g/mol. The molecule has 4 nitrogen and oxygen atoms in total. The van der Waals surface area contributed by atoms with Gasteiger partial charge in [0.05, 0.1) is 0 Å². The maximum absolute atomic E-state index is 10.5. The first-order valence-corrected chi connectivity index (χ1v) is 10.4. The molecule has 1 rings (SSSR count). The van der Waals surface area contributed by atoms with E-state index >= 15 is 0 Å². The van der Waals surface area contributed by atoms with Gasteiger partial charge < -0.3 is 0 Å². The van der Waals surface area contributed by atoms with E-state index in [2.05, 4.69) is 22.1 Å². The summed E-state index contributed by atoms with van der Waals surface area (Å²) >= 11 is 2.01. The van der Waals surface area contributed by atoms with Crippen molar-refractivity contribution in [3.63, 3.8) is 0 Å². The molecule has 0 fully saturated rings. The Morgan fingerprint density at radius 3 is 2.75 bits per heavy atom. The number of hydrogen-bond donors (Lipinski definition) is 1. The summed E-state index contributed by atoms with van der Waals surface area (Å²) in [5.74, 6) is 0. The number of nitro benzene ring substituents is 1. The predicted octanol–water partition coefficient (Wildman–Crippen LogP) is -0.639. The van der Waals surface area contributed by atoms with Crippen LogP contribution in [0.2, 0.25) is 0 Å². The van der Waals surface area contributed by atoms with Crippen LogP contribution in [0.1, 0.15) is 0 Å². The number of nitro groups is 1. The number of nitrogens with zero attached hydrogens (tertiary/aromatic N) is 1. The quantitative estimate of drug-likeness (QED) is 0.323. The summed E-state index contributed by atoms with van der Waals surface area (Å²) in [7, 11) is 0. The van der Waals surface area contributed by atoms with Crippen molar-refractivity contribution in [1.82, 2.24) is 0 Å². The Morgan fingerprint density at radius 1 is 1.50 bits per heavy atom. The molecule has 12 heavy (non-hydrogen) atoms. The molecule has 0 heterocycles. The van der Waals surface area contributed by atoms with Crippen molar-refractivity contribution in [2.24, 2.45) is 0 Å². The molecule has 0 radical (unpaired) electrons. The third-order valence-electron chi connectivity index (χ3n) is 1.24. The van der Waals surface area contributed by atoms with Gasteiger partial charge in [-0.15, -0.1) is 0 Å². The van der Waals surface area contributed by atoms with Gasteiger partial charge >= 0.3 is 90.3 Å². The summed E-state index contributed by atoms with van der Waals surface area (Å²) < 4.78 is 3.01. The van der Waals surface area contributed by atoms with E-state index in [1.165, 1.54) is 6.07 Å². The van der Waals surface area contributed by atoms with E-state index in [1.807, 2.05) is 0 Å². The van der Waals surface area contributed by atoms with Crippen LogP contribution in [0.3, 0.4) is 0 Å². The summed E-state index contributed by atoms with van der Waals surface area (Å²) in [4.78, 5) is 10.1. The summed E-state index contributed by atoms with van der Waals surface area (Å²) in [6.45, 7) is 0. The fourth-order valence-electron chi connectivity index (χ4n) is 0.751. The zero-order chi connectivity index (χ0) is 8.97.